The number of aromatic nitrogens is 2. The number of nitrogens with zero attached hydrogens (tertiary/aromatic N) is 2. The normalized spacial score (nSPS) is 11.3. The molecule has 8 heteroatoms. The van der Waals surface area contributed by atoms with Gasteiger partial charge in [-0.1, -0.05) is 11.8 Å². The second-order valence-corrected chi connectivity index (χ2v) is 6.18. The van der Waals surface area contributed by atoms with Crippen LogP contribution in [0, 0.1) is 0 Å². The van der Waals surface area contributed by atoms with Crippen LogP contribution in [-0.4, -0.2) is 55.2 Å². The fourth-order valence-corrected chi connectivity index (χ4v) is 2.08. The SMILES string of the molecule is CC(C)OCCCNC(=O)CSc1nnc(C[NH+](C)C)o1. The monoisotopic (exact) mass is 317 g/mol. The third kappa shape index (κ3) is 8.69. The van der Waals surface area contributed by atoms with Crippen LogP contribution < -0.4 is 10.2 Å². The molecule has 1 aromatic heterocycles. The Morgan fingerprint density at radius 1 is 1.43 bits per heavy atom. The third-order valence-electron chi connectivity index (χ3n) is 2.37. The molecular formula is C13H25N4O3S+. The summed E-state index contributed by atoms with van der Waals surface area (Å²) < 4.78 is 10.8. The first-order chi connectivity index (χ1) is 9.97. The lowest BCUT2D eigenvalue weighted by Crippen LogP contribution is -3.04. The number of nitrogens with one attached hydrogen (secondary N) is 2. The minimum absolute atomic E-state index is 0.0393. The number of amides is 1. The number of carbonyl (C=O) groups excluding carboxylic acids is 1. The second kappa shape index (κ2) is 9.75. The number of hydrogen-bond donors (Lipinski definition) is 2. The van der Waals surface area contributed by atoms with Crippen LogP contribution in [0.4, 0.5) is 0 Å². The number of carbonyl (C=O) groups is 1. The quantitative estimate of drug-likeness (QED) is 0.457. The Morgan fingerprint density at radius 2 is 2.19 bits per heavy atom. The standard InChI is InChI=1S/C13H24N4O3S/c1-10(2)19-7-5-6-14-11(18)9-21-13-16-15-12(20-13)8-17(3)4/h10H,5-9H2,1-4H3,(H,14,18)/p+1. The average molecular weight is 317 g/mol. The summed E-state index contributed by atoms with van der Waals surface area (Å²) in [7, 11) is 4.01. The van der Waals surface area contributed by atoms with E-state index >= 15 is 0 Å². The third-order valence-corrected chi connectivity index (χ3v) is 3.19. The molecule has 0 unspecified atom stereocenters. The van der Waals surface area contributed by atoms with E-state index in [-0.39, 0.29) is 17.8 Å². The Morgan fingerprint density at radius 3 is 2.86 bits per heavy atom. The van der Waals surface area contributed by atoms with Crippen LogP contribution in [-0.2, 0) is 16.1 Å². The Hall–Kier alpha value is -1.12. The molecule has 0 spiro atoms. The first-order valence-electron chi connectivity index (χ1n) is 7.10. The molecule has 0 radical (unpaired) electrons. The van der Waals surface area contributed by atoms with Crippen molar-refractivity contribution in [3.05, 3.63) is 5.89 Å². The molecule has 0 aromatic carbocycles. The Kier molecular flexibility index (Phi) is 8.33. The summed E-state index contributed by atoms with van der Waals surface area (Å²) in [4.78, 5) is 12.8. The minimum Gasteiger partial charge on any atom is -0.410 e. The Balaban J connectivity index is 2.13. The zero-order valence-electron chi connectivity index (χ0n) is 13.1. The van der Waals surface area contributed by atoms with Gasteiger partial charge in [-0.2, -0.15) is 0 Å². The summed E-state index contributed by atoms with van der Waals surface area (Å²) in [6.07, 6.45) is 1.04. The minimum atomic E-state index is -0.0393. The van der Waals surface area contributed by atoms with Crippen LogP contribution in [0.25, 0.3) is 0 Å². The van der Waals surface area contributed by atoms with Crippen molar-refractivity contribution in [2.24, 2.45) is 0 Å². The van der Waals surface area contributed by atoms with Crippen LogP contribution in [0.3, 0.4) is 0 Å². The summed E-state index contributed by atoms with van der Waals surface area (Å²) in [6.45, 7) is 5.93. The van der Waals surface area contributed by atoms with E-state index in [0.717, 1.165) is 6.42 Å². The molecule has 1 rings (SSSR count). The van der Waals surface area contributed by atoms with Gasteiger partial charge in [0.2, 0.25) is 5.91 Å². The lowest BCUT2D eigenvalue weighted by Gasteiger charge is -2.07. The van der Waals surface area contributed by atoms with Crippen molar-refractivity contribution in [2.45, 2.75) is 38.1 Å². The first kappa shape index (κ1) is 17.9. The van der Waals surface area contributed by atoms with Crippen molar-refractivity contribution in [2.75, 3.05) is 33.0 Å². The van der Waals surface area contributed by atoms with Gasteiger partial charge < -0.3 is 19.4 Å². The highest BCUT2D eigenvalue weighted by molar-refractivity contribution is 7.99. The van der Waals surface area contributed by atoms with E-state index in [4.69, 9.17) is 9.15 Å². The molecule has 0 fully saturated rings. The van der Waals surface area contributed by atoms with E-state index in [2.05, 4.69) is 15.5 Å². The molecule has 1 amide bonds. The molecule has 0 bridgehead atoms. The van der Waals surface area contributed by atoms with Crippen molar-refractivity contribution in [3.8, 4) is 0 Å². The summed E-state index contributed by atoms with van der Waals surface area (Å²) in [5.74, 6) is 0.827. The van der Waals surface area contributed by atoms with Gasteiger partial charge in [0.05, 0.1) is 26.0 Å². The van der Waals surface area contributed by atoms with Crippen LogP contribution in [0.2, 0.25) is 0 Å². The highest BCUT2D eigenvalue weighted by Gasteiger charge is 2.11. The summed E-state index contributed by atoms with van der Waals surface area (Å²) in [6, 6.07) is 0. The molecule has 120 valence electrons. The van der Waals surface area contributed by atoms with Crippen molar-refractivity contribution in [3.63, 3.8) is 0 Å². The highest BCUT2D eigenvalue weighted by Crippen LogP contribution is 2.15. The topological polar surface area (TPSA) is 81.7 Å². The largest absolute Gasteiger partial charge is 0.410 e. The molecule has 0 aliphatic heterocycles. The highest BCUT2D eigenvalue weighted by atomic mass is 32.2. The van der Waals surface area contributed by atoms with Crippen molar-refractivity contribution >= 4 is 17.7 Å². The zero-order valence-corrected chi connectivity index (χ0v) is 14.0. The summed E-state index contributed by atoms with van der Waals surface area (Å²) >= 11 is 1.25. The van der Waals surface area contributed by atoms with E-state index in [9.17, 15) is 4.79 Å². The summed E-state index contributed by atoms with van der Waals surface area (Å²) in [5.41, 5.74) is 0. The maximum Gasteiger partial charge on any atom is 0.277 e. The van der Waals surface area contributed by atoms with Gasteiger partial charge in [-0.05, 0) is 20.3 Å². The molecule has 7 nitrogen and oxygen atoms in total. The number of hydrogen-bond acceptors (Lipinski definition) is 6. The molecule has 1 heterocycles. The predicted octanol–water partition coefficient (Wildman–Crippen LogP) is -0.262. The van der Waals surface area contributed by atoms with Gasteiger partial charge in [0.1, 0.15) is 0 Å². The van der Waals surface area contributed by atoms with E-state index in [1.165, 1.54) is 16.7 Å². The fourth-order valence-electron chi connectivity index (χ4n) is 1.47. The number of ether oxygens (including phenoxy) is 1. The van der Waals surface area contributed by atoms with Crippen molar-refractivity contribution in [1.82, 2.24) is 15.5 Å². The van der Waals surface area contributed by atoms with Crippen LogP contribution in [0.5, 0.6) is 0 Å². The molecule has 21 heavy (non-hydrogen) atoms. The number of thioether (sulfide) groups is 1. The van der Waals surface area contributed by atoms with Gasteiger partial charge in [0, 0.05) is 13.2 Å². The van der Waals surface area contributed by atoms with Gasteiger partial charge in [0.15, 0.2) is 6.54 Å². The van der Waals surface area contributed by atoms with Gasteiger partial charge in [-0.15, -0.1) is 10.2 Å². The number of rotatable bonds is 10. The Bertz CT molecular complexity index is 423. The lowest BCUT2D eigenvalue weighted by atomic mass is 10.4. The van der Waals surface area contributed by atoms with Gasteiger partial charge in [0.25, 0.3) is 11.1 Å². The Labute approximate surface area is 129 Å². The molecular weight excluding hydrogens is 292 g/mol. The fraction of sp³-hybridized carbons (Fsp3) is 0.769. The number of quaternary nitrogens is 1. The smallest absolute Gasteiger partial charge is 0.277 e. The van der Waals surface area contributed by atoms with E-state index < -0.39 is 0 Å². The molecule has 1 aromatic rings. The zero-order chi connectivity index (χ0) is 15.7. The van der Waals surface area contributed by atoms with Crippen molar-refractivity contribution in [1.29, 1.82) is 0 Å². The second-order valence-electron chi connectivity index (χ2n) is 5.26. The molecule has 0 saturated carbocycles. The van der Waals surface area contributed by atoms with Crippen LogP contribution in [0.15, 0.2) is 9.64 Å². The van der Waals surface area contributed by atoms with E-state index in [1.807, 2.05) is 27.9 Å². The predicted molar refractivity (Wildman–Crippen MR) is 80.3 cm³/mol. The molecule has 0 aliphatic carbocycles. The summed E-state index contributed by atoms with van der Waals surface area (Å²) in [5, 5.41) is 11.1. The maximum atomic E-state index is 11.6. The first-order valence-corrected chi connectivity index (χ1v) is 8.08. The van der Waals surface area contributed by atoms with Gasteiger partial charge in [-0.3, -0.25) is 4.79 Å². The van der Waals surface area contributed by atoms with E-state index in [1.54, 1.807) is 0 Å². The van der Waals surface area contributed by atoms with Gasteiger partial charge in [-0.25, -0.2) is 0 Å². The molecule has 0 aliphatic rings. The molecule has 2 N–H and O–H groups in total. The maximum absolute atomic E-state index is 11.6. The average Bonchev–Trinajstić information content (AvgIpc) is 2.82. The molecule has 0 atom stereocenters. The van der Waals surface area contributed by atoms with Crippen LogP contribution >= 0.6 is 11.8 Å². The van der Waals surface area contributed by atoms with Gasteiger partial charge >= 0.3 is 0 Å². The van der Waals surface area contributed by atoms with Crippen LogP contribution in [0.1, 0.15) is 26.2 Å². The van der Waals surface area contributed by atoms with E-state index in [0.29, 0.717) is 30.8 Å². The molecule has 0 saturated heterocycles. The lowest BCUT2D eigenvalue weighted by molar-refractivity contribution is -0.874. The van der Waals surface area contributed by atoms with Crippen molar-refractivity contribution < 1.29 is 18.8 Å².